The average Bonchev–Trinajstić information content (AvgIpc) is 2.91. The zero-order chi connectivity index (χ0) is 14.9. The molecular weight excluding hydrogens is 291 g/mol. The van der Waals surface area contributed by atoms with Gasteiger partial charge >= 0.3 is 7.60 Å². The molecular formula is C9H13N4O6P. The molecule has 0 aliphatic carbocycles. The molecule has 0 saturated carbocycles. The van der Waals surface area contributed by atoms with Gasteiger partial charge in [-0.15, -0.1) is 5.10 Å². The van der Waals surface area contributed by atoms with Gasteiger partial charge in [-0.1, -0.05) is 0 Å². The summed E-state index contributed by atoms with van der Waals surface area (Å²) in [5.41, 5.74) is 5.00. The number of carbonyl (C=O) groups excluding carboxylic acids is 1. The molecule has 0 spiro atoms. The second-order valence-electron chi connectivity index (χ2n) is 4.21. The maximum atomic E-state index is 10.9. The number of aromatic nitrogens is 3. The van der Waals surface area contributed by atoms with Crippen LogP contribution in [0.5, 0.6) is 0 Å². The summed E-state index contributed by atoms with van der Waals surface area (Å²) in [4.78, 5) is 32.0. The second-order valence-corrected chi connectivity index (χ2v) is 5.69. The number of hydrogen-bond donors (Lipinski definition) is 4. The second kappa shape index (κ2) is 5.43. The van der Waals surface area contributed by atoms with Gasteiger partial charge in [-0.05, 0) is 6.08 Å². The van der Waals surface area contributed by atoms with E-state index in [4.69, 9.17) is 20.3 Å². The Labute approximate surface area is 113 Å². The van der Waals surface area contributed by atoms with Crippen molar-refractivity contribution in [2.24, 2.45) is 5.73 Å². The minimum atomic E-state index is -4.28. The van der Waals surface area contributed by atoms with Crippen LogP contribution in [0, 0.1) is 0 Å². The van der Waals surface area contributed by atoms with Crippen molar-refractivity contribution in [3.8, 4) is 0 Å². The summed E-state index contributed by atoms with van der Waals surface area (Å²) in [5, 5.41) is 13.6. The van der Waals surface area contributed by atoms with Crippen molar-refractivity contribution in [2.45, 2.75) is 24.9 Å². The molecule has 1 aliphatic rings. The molecule has 1 aliphatic heterocycles. The van der Waals surface area contributed by atoms with Gasteiger partial charge in [-0.25, -0.2) is 9.67 Å². The zero-order valence-electron chi connectivity index (χ0n) is 10.1. The van der Waals surface area contributed by atoms with E-state index in [1.165, 1.54) is 12.4 Å². The lowest BCUT2D eigenvalue weighted by atomic mass is 10.2. The van der Waals surface area contributed by atoms with Crippen molar-refractivity contribution in [3.63, 3.8) is 0 Å². The van der Waals surface area contributed by atoms with Crippen LogP contribution in [0.1, 0.15) is 23.3 Å². The number of amides is 1. The van der Waals surface area contributed by atoms with E-state index < -0.39 is 31.9 Å². The molecule has 3 atom stereocenters. The third-order valence-electron chi connectivity index (χ3n) is 2.60. The van der Waals surface area contributed by atoms with Crippen LogP contribution in [-0.4, -0.2) is 47.8 Å². The number of ether oxygens (including phenoxy) is 1. The molecule has 110 valence electrons. The number of nitrogens with two attached hydrogens (primary N) is 1. The highest BCUT2D eigenvalue weighted by molar-refractivity contribution is 7.55. The summed E-state index contributed by atoms with van der Waals surface area (Å²) in [5.74, 6) is -0.313. The fraction of sp³-hybridized carbons (Fsp3) is 0.444. The first kappa shape index (κ1) is 14.8. The van der Waals surface area contributed by atoms with Crippen LogP contribution in [0.15, 0.2) is 18.2 Å². The Hall–Kier alpha value is -1.58. The van der Waals surface area contributed by atoms with Crippen molar-refractivity contribution >= 4 is 13.5 Å². The van der Waals surface area contributed by atoms with Crippen LogP contribution in [0.25, 0.3) is 0 Å². The van der Waals surface area contributed by atoms with Gasteiger partial charge < -0.3 is 25.4 Å². The van der Waals surface area contributed by atoms with Gasteiger partial charge in [0.15, 0.2) is 6.23 Å². The third kappa shape index (κ3) is 3.50. The van der Waals surface area contributed by atoms with E-state index in [0.29, 0.717) is 5.82 Å². The fourth-order valence-corrected chi connectivity index (χ4v) is 2.18. The lowest BCUT2D eigenvalue weighted by molar-refractivity contribution is -0.0331. The SMILES string of the molecule is NC(=O)c1ncn(C2OC(/C=C/P(=O)(O)O)CC2O)n1. The van der Waals surface area contributed by atoms with Crippen LogP contribution in [0.4, 0.5) is 0 Å². The largest absolute Gasteiger partial charge is 0.388 e. The number of aliphatic hydroxyl groups excluding tert-OH is 1. The number of aliphatic hydroxyl groups is 1. The Morgan fingerprint density at radius 1 is 1.60 bits per heavy atom. The number of primary amides is 1. The van der Waals surface area contributed by atoms with Crippen molar-refractivity contribution in [1.82, 2.24) is 14.8 Å². The Morgan fingerprint density at radius 2 is 2.30 bits per heavy atom. The summed E-state index contributed by atoms with van der Waals surface area (Å²) in [6.07, 6.45) is -0.0407. The molecule has 2 heterocycles. The van der Waals surface area contributed by atoms with Crippen molar-refractivity contribution in [1.29, 1.82) is 0 Å². The molecule has 1 fully saturated rings. The molecule has 0 bridgehead atoms. The van der Waals surface area contributed by atoms with E-state index in [-0.39, 0.29) is 12.2 Å². The fourth-order valence-electron chi connectivity index (χ4n) is 1.76. The van der Waals surface area contributed by atoms with Gasteiger partial charge in [0.1, 0.15) is 12.4 Å². The first-order valence-electron chi connectivity index (χ1n) is 5.55. The van der Waals surface area contributed by atoms with E-state index >= 15 is 0 Å². The average molecular weight is 304 g/mol. The normalized spacial score (nSPS) is 27.2. The molecule has 0 radical (unpaired) electrons. The Morgan fingerprint density at radius 3 is 2.85 bits per heavy atom. The number of nitrogens with zero attached hydrogens (tertiary/aromatic N) is 3. The maximum Gasteiger partial charge on any atom is 0.348 e. The lowest BCUT2D eigenvalue weighted by Gasteiger charge is -2.13. The summed E-state index contributed by atoms with van der Waals surface area (Å²) in [7, 11) is -4.28. The third-order valence-corrected chi connectivity index (χ3v) is 3.16. The molecule has 1 aromatic rings. The van der Waals surface area contributed by atoms with Crippen LogP contribution in [0.3, 0.4) is 0 Å². The van der Waals surface area contributed by atoms with E-state index in [2.05, 4.69) is 10.1 Å². The molecule has 0 aromatic carbocycles. The van der Waals surface area contributed by atoms with Gasteiger partial charge in [0, 0.05) is 12.2 Å². The molecule has 10 nitrogen and oxygen atoms in total. The predicted molar refractivity (Wildman–Crippen MR) is 64.3 cm³/mol. The number of hydrogen-bond acceptors (Lipinski definition) is 6. The quantitative estimate of drug-likeness (QED) is 0.500. The minimum Gasteiger partial charge on any atom is -0.388 e. The van der Waals surface area contributed by atoms with Crippen molar-refractivity contribution < 1.29 is 29.0 Å². The standard InChI is InChI=1S/C9H13N4O6P/c10-7(15)8-11-4-13(12-8)9-6(14)3-5(19-9)1-2-20(16,17)18/h1-2,4-6,9,14H,3H2,(H2,10,15)(H2,16,17,18)/b2-1+. The van der Waals surface area contributed by atoms with E-state index in [0.717, 1.165) is 4.68 Å². The van der Waals surface area contributed by atoms with Gasteiger partial charge in [-0.2, -0.15) is 0 Å². The van der Waals surface area contributed by atoms with E-state index in [9.17, 15) is 14.5 Å². The smallest absolute Gasteiger partial charge is 0.348 e. The highest BCUT2D eigenvalue weighted by Crippen LogP contribution is 2.38. The van der Waals surface area contributed by atoms with E-state index in [1.807, 2.05) is 0 Å². The molecule has 1 saturated heterocycles. The van der Waals surface area contributed by atoms with Gasteiger partial charge in [-0.3, -0.25) is 9.36 Å². The summed E-state index contributed by atoms with van der Waals surface area (Å²) in [6.45, 7) is 0. The summed E-state index contributed by atoms with van der Waals surface area (Å²) >= 11 is 0. The monoisotopic (exact) mass is 304 g/mol. The molecule has 1 aromatic heterocycles. The first-order chi connectivity index (χ1) is 9.26. The molecule has 20 heavy (non-hydrogen) atoms. The number of rotatable bonds is 4. The van der Waals surface area contributed by atoms with Crippen LogP contribution in [-0.2, 0) is 9.30 Å². The van der Waals surface area contributed by atoms with Gasteiger partial charge in [0.25, 0.3) is 5.91 Å². The lowest BCUT2D eigenvalue weighted by Crippen LogP contribution is -2.21. The summed E-state index contributed by atoms with van der Waals surface area (Å²) in [6, 6.07) is 0. The highest BCUT2D eigenvalue weighted by atomic mass is 31.2. The Balaban J connectivity index is 2.09. The zero-order valence-corrected chi connectivity index (χ0v) is 11.0. The highest BCUT2D eigenvalue weighted by Gasteiger charge is 2.35. The molecule has 1 amide bonds. The van der Waals surface area contributed by atoms with Crippen molar-refractivity contribution in [3.05, 3.63) is 24.0 Å². The number of carbonyl (C=O) groups is 1. The molecule has 3 unspecified atom stereocenters. The van der Waals surface area contributed by atoms with Crippen molar-refractivity contribution in [2.75, 3.05) is 0 Å². The molecule has 2 rings (SSSR count). The van der Waals surface area contributed by atoms with Crippen LogP contribution in [0.2, 0.25) is 0 Å². The minimum absolute atomic E-state index is 0.132. The Kier molecular flexibility index (Phi) is 4.02. The van der Waals surface area contributed by atoms with Crippen LogP contribution >= 0.6 is 7.60 Å². The van der Waals surface area contributed by atoms with Gasteiger partial charge in [0.05, 0.1) is 6.10 Å². The topological polar surface area (TPSA) is 161 Å². The van der Waals surface area contributed by atoms with Gasteiger partial charge in [0.2, 0.25) is 5.82 Å². The molecule has 11 heteroatoms. The van der Waals surface area contributed by atoms with Crippen LogP contribution < -0.4 is 5.73 Å². The predicted octanol–water partition coefficient (Wildman–Crippen LogP) is -1.28. The maximum absolute atomic E-state index is 10.9. The Bertz CT molecular complexity index is 581. The summed E-state index contributed by atoms with van der Waals surface area (Å²) < 4.78 is 17.2. The van der Waals surface area contributed by atoms with E-state index in [1.54, 1.807) is 0 Å². The first-order valence-corrected chi connectivity index (χ1v) is 7.23. The molecule has 5 N–H and O–H groups in total.